The van der Waals surface area contributed by atoms with Crippen molar-refractivity contribution in [2.24, 2.45) is 0 Å². The van der Waals surface area contributed by atoms with Crippen molar-refractivity contribution in [1.29, 1.82) is 0 Å². The number of fused-ring (bicyclic) bond motifs is 2. The van der Waals surface area contributed by atoms with E-state index in [1.54, 1.807) is 0 Å². The van der Waals surface area contributed by atoms with Crippen LogP contribution in [0.3, 0.4) is 0 Å². The molecule has 2 saturated heterocycles. The highest BCUT2D eigenvalue weighted by Crippen LogP contribution is 2.26. The Hall–Kier alpha value is -1.39. The standard InChI is InChI=1S/C16H22N4/c1-2-6-15-14(5-1)18-16(19-15)11-17-12-7-9-20-8-3-4-13(20)10-12/h1-2,5-6,12-13,17H,3-4,7-11H2,(H,18,19). The summed E-state index contributed by atoms with van der Waals surface area (Å²) in [4.78, 5) is 10.7. The van der Waals surface area contributed by atoms with Gasteiger partial charge in [0, 0.05) is 12.1 Å². The normalized spacial score (nSPS) is 27.0. The van der Waals surface area contributed by atoms with E-state index >= 15 is 0 Å². The van der Waals surface area contributed by atoms with Crippen LogP contribution in [0.2, 0.25) is 0 Å². The van der Waals surface area contributed by atoms with E-state index in [0.29, 0.717) is 6.04 Å². The lowest BCUT2D eigenvalue weighted by Crippen LogP contribution is -2.45. The van der Waals surface area contributed by atoms with Gasteiger partial charge in [0.1, 0.15) is 5.82 Å². The van der Waals surface area contributed by atoms with Gasteiger partial charge in [-0.3, -0.25) is 0 Å². The number of H-pyrrole nitrogens is 1. The molecule has 2 N–H and O–H groups in total. The summed E-state index contributed by atoms with van der Waals surface area (Å²) in [6, 6.07) is 9.72. The second kappa shape index (κ2) is 5.19. The van der Waals surface area contributed by atoms with E-state index in [-0.39, 0.29) is 0 Å². The smallest absolute Gasteiger partial charge is 0.121 e. The number of aromatic amines is 1. The zero-order valence-electron chi connectivity index (χ0n) is 11.8. The maximum absolute atomic E-state index is 4.64. The number of hydrogen-bond donors (Lipinski definition) is 2. The average molecular weight is 270 g/mol. The fourth-order valence-electron chi connectivity index (χ4n) is 3.74. The van der Waals surface area contributed by atoms with E-state index in [2.05, 4.69) is 32.3 Å². The SMILES string of the molecule is c1ccc2[nH]c(CNC3CCN4CCCC4C3)nc2c1. The van der Waals surface area contributed by atoms with Gasteiger partial charge in [0.2, 0.25) is 0 Å². The van der Waals surface area contributed by atoms with E-state index < -0.39 is 0 Å². The van der Waals surface area contributed by atoms with E-state index in [4.69, 9.17) is 0 Å². The van der Waals surface area contributed by atoms with E-state index in [0.717, 1.165) is 29.4 Å². The van der Waals surface area contributed by atoms with Crippen molar-refractivity contribution < 1.29 is 0 Å². The number of nitrogens with zero attached hydrogens (tertiary/aromatic N) is 2. The lowest BCUT2D eigenvalue weighted by atomic mass is 9.97. The zero-order chi connectivity index (χ0) is 13.4. The van der Waals surface area contributed by atoms with Crippen LogP contribution in [-0.4, -0.2) is 40.0 Å². The minimum atomic E-state index is 0.655. The summed E-state index contributed by atoms with van der Waals surface area (Å²) in [7, 11) is 0. The Bertz CT molecular complexity index is 558. The minimum absolute atomic E-state index is 0.655. The maximum atomic E-state index is 4.64. The Labute approximate surface area is 119 Å². The van der Waals surface area contributed by atoms with Gasteiger partial charge < -0.3 is 15.2 Å². The Morgan fingerprint density at radius 1 is 1.25 bits per heavy atom. The van der Waals surface area contributed by atoms with Crippen molar-refractivity contribution in [3.8, 4) is 0 Å². The molecule has 4 heteroatoms. The summed E-state index contributed by atoms with van der Waals surface area (Å²) in [6.07, 6.45) is 5.36. The molecular formula is C16H22N4. The van der Waals surface area contributed by atoms with Crippen LogP contribution in [0.5, 0.6) is 0 Å². The molecule has 106 valence electrons. The lowest BCUT2D eigenvalue weighted by Gasteiger charge is -2.35. The highest BCUT2D eigenvalue weighted by Gasteiger charge is 2.31. The molecule has 2 unspecified atom stereocenters. The summed E-state index contributed by atoms with van der Waals surface area (Å²) in [5.41, 5.74) is 2.20. The monoisotopic (exact) mass is 270 g/mol. The fourth-order valence-corrected chi connectivity index (χ4v) is 3.74. The number of imidazole rings is 1. The fraction of sp³-hybridized carbons (Fsp3) is 0.562. The third-order valence-corrected chi connectivity index (χ3v) is 4.82. The molecule has 0 bridgehead atoms. The van der Waals surface area contributed by atoms with Crippen LogP contribution in [0.15, 0.2) is 24.3 Å². The van der Waals surface area contributed by atoms with Crippen LogP contribution >= 0.6 is 0 Å². The third-order valence-electron chi connectivity index (χ3n) is 4.82. The number of piperidine rings is 1. The van der Waals surface area contributed by atoms with Crippen LogP contribution in [0, 0.1) is 0 Å². The summed E-state index contributed by atoms with van der Waals surface area (Å²) >= 11 is 0. The molecule has 2 fully saturated rings. The van der Waals surface area contributed by atoms with Crippen LogP contribution in [0.25, 0.3) is 11.0 Å². The first-order valence-electron chi connectivity index (χ1n) is 7.79. The molecule has 3 heterocycles. The van der Waals surface area contributed by atoms with E-state index in [1.165, 1.54) is 38.8 Å². The van der Waals surface area contributed by atoms with Gasteiger partial charge in [-0.15, -0.1) is 0 Å². The van der Waals surface area contributed by atoms with Gasteiger partial charge in [-0.1, -0.05) is 12.1 Å². The molecule has 0 radical (unpaired) electrons. The number of nitrogens with one attached hydrogen (secondary N) is 2. The van der Waals surface area contributed by atoms with E-state index in [9.17, 15) is 0 Å². The second-order valence-corrected chi connectivity index (χ2v) is 6.13. The van der Waals surface area contributed by atoms with Gasteiger partial charge in [0.05, 0.1) is 17.6 Å². The zero-order valence-corrected chi connectivity index (χ0v) is 11.8. The summed E-state index contributed by atoms with van der Waals surface area (Å²) in [5, 5.41) is 3.69. The van der Waals surface area contributed by atoms with Crippen molar-refractivity contribution in [3.05, 3.63) is 30.1 Å². The summed E-state index contributed by atoms with van der Waals surface area (Å²) in [6.45, 7) is 3.44. The highest BCUT2D eigenvalue weighted by atomic mass is 15.2. The van der Waals surface area contributed by atoms with Gasteiger partial charge in [0.25, 0.3) is 0 Å². The molecule has 4 rings (SSSR count). The summed E-state index contributed by atoms with van der Waals surface area (Å²) < 4.78 is 0. The molecule has 1 aromatic carbocycles. The van der Waals surface area contributed by atoms with Gasteiger partial charge >= 0.3 is 0 Å². The number of rotatable bonds is 3. The highest BCUT2D eigenvalue weighted by molar-refractivity contribution is 5.74. The van der Waals surface area contributed by atoms with Crippen LogP contribution in [-0.2, 0) is 6.54 Å². The van der Waals surface area contributed by atoms with E-state index in [1.807, 2.05) is 12.1 Å². The predicted octanol–water partition coefficient (Wildman–Crippen LogP) is 2.28. The first-order valence-corrected chi connectivity index (χ1v) is 7.79. The largest absolute Gasteiger partial charge is 0.341 e. The first kappa shape index (κ1) is 12.4. The number of hydrogen-bond acceptors (Lipinski definition) is 3. The average Bonchev–Trinajstić information content (AvgIpc) is 3.10. The first-order chi connectivity index (χ1) is 9.88. The molecule has 4 nitrogen and oxygen atoms in total. The quantitative estimate of drug-likeness (QED) is 0.899. The topological polar surface area (TPSA) is 44.0 Å². The van der Waals surface area contributed by atoms with Crippen LogP contribution < -0.4 is 5.32 Å². The molecule has 2 aliphatic heterocycles. The number of para-hydroxylation sites is 2. The second-order valence-electron chi connectivity index (χ2n) is 6.13. The van der Waals surface area contributed by atoms with Crippen molar-refractivity contribution in [2.75, 3.05) is 13.1 Å². The van der Waals surface area contributed by atoms with Crippen molar-refractivity contribution in [2.45, 2.75) is 44.3 Å². The Balaban J connectivity index is 1.38. The molecule has 20 heavy (non-hydrogen) atoms. The third kappa shape index (κ3) is 2.34. The molecule has 0 saturated carbocycles. The molecule has 2 aliphatic rings. The maximum Gasteiger partial charge on any atom is 0.121 e. The van der Waals surface area contributed by atoms with Crippen LogP contribution in [0.1, 0.15) is 31.5 Å². The molecule has 2 aromatic rings. The molecule has 0 aliphatic carbocycles. The van der Waals surface area contributed by atoms with Crippen LogP contribution in [0.4, 0.5) is 0 Å². The number of benzene rings is 1. The number of aromatic nitrogens is 2. The van der Waals surface area contributed by atoms with Crippen molar-refractivity contribution >= 4 is 11.0 Å². The molecule has 2 atom stereocenters. The van der Waals surface area contributed by atoms with Gasteiger partial charge in [0.15, 0.2) is 0 Å². The molecule has 1 aromatic heterocycles. The molecule has 0 spiro atoms. The summed E-state index contributed by atoms with van der Waals surface area (Å²) in [5.74, 6) is 1.06. The Morgan fingerprint density at radius 2 is 2.20 bits per heavy atom. The van der Waals surface area contributed by atoms with Gasteiger partial charge in [-0.25, -0.2) is 4.98 Å². The van der Waals surface area contributed by atoms with Crippen molar-refractivity contribution in [1.82, 2.24) is 20.2 Å². The predicted molar refractivity (Wildman–Crippen MR) is 80.6 cm³/mol. The minimum Gasteiger partial charge on any atom is -0.341 e. The van der Waals surface area contributed by atoms with Crippen molar-refractivity contribution in [3.63, 3.8) is 0 Å². The van der Waals surface area contributed by atoms with Gasteiger partial charge in [-0.2, -0.15) is 0 Å². The Morgan fingerprint density at radius 3 is 3.15 bits per heavy atom. The molecule has 0 amide bonds. The molecular weight excluding hydrogens is 248 g/mol. The lowest BCUT2D eigenvalue weighted by molar-refractivity contribution is 0.166. The Kier molecular flexibility index (Phi) is 3.20. The van der Waals surface area contributed by atoms with Gasteiger partial charge in [-0.05, 0) is 50.9 Å².